The van der Waals surface area contributed by atoms with E-state index in [-0.39, 0.29) is 12.5 Å². The predicted molar refractivity (Wildman–Crippen MR) is 110 cm³/mol. The van der Waals surface area contributed by atoms with Gasteiger partial charge in [-0.15, -0.1) is 0 Å². The van der Waals surface area contributed by atoms with Gasteiger partial charge in [-0.05, 0) is 30.5 Å². The summed E-state index contributed by atoms with van der Waals surface area (Å²) in [5.41, 5.74) is 1.99. The molecule has 0 aromatic heterocycles. The van der Waals surface area contributed by atoms with E-state index in [1.807, 2.05) is 24.3 Å². The molecule has 7 heteroatoms. The fourth-order valence-corrected chi connectivity index (χ4v) is 2.27. The number of carbonyl (C=O) groups is 1. The third kappa shape index (κ3) is 11.2. The molecule has 1 amide bonds. The van der Waals surface area contributed by atoms with E-state index >= 15 is 0 Å². The summed E-state index contributed by atoms with van der Waals surface area (Å²) in [6.45, 7) is 7.51. The zero-order chi connectivity index (χ0) is 19.7. The molecule has 1 rings (SSSR count). The second-order valence-corrected chi connectivity index (χ2v) is 6.03. The molecule has 1 aromatic carbocycles. The zero-order valence-electron chi connectivity index (χ0n) is 16.8. The highest BCUT2D eigenvalue weighted by molar-refractivity contribution is 5.95. The molecule has 152 valence electrons. The summed E-state index contributed by atoms with van der Waals surface area (Å²) in [5.74, 6) is 0.446. The first-order valence-corrected chi connectivity index (χ1v) is 9.68. The maximum Gasteiger partial charge on any atom is 0.243 e. The SMILES string of the molecule is CCCCOCCOCCNC(=NC)NCC(=O)Nc1cccc(CC)c1. The van der Waals surface area contributed by atoms with E-state index in [9.17, 15) is 4.79 Å². The third-order valence-electron chi connectivity index (χ3n) is 3.81. The number of rotatable bonds is 13. The van der Waals surface area contributed by atoms with Crippen LogP contribution in [0.4, 0.5) is 5.69 Å². The number of aryl methyl sites for hydroxylation is 1. The summed E-state index contributed by atoms with van der Waals surface area (Å²) in [6, 6.07) is 7.85. The van der Waals surface area contributed by atoms with Crippen LogP contribution in [-0.2, 0) is 20.7 Å². The van der Waals surface area contributed by atoms with Gasteiger partial charge in [-0.3, -0.25) is 9.79 Å². The Bertz CT molecular complexity index is 564. The molecule has 0 atom stereocenters. The van der Waals surface area contributed by atoms with Gasteiger partial charge >= 0.3 is 0 Å². The Kier molecular flexibility index (Phi) is 12.7. The number of hydrogen-bond donors (Lipinski definition) is 3. The maximum atomic E-state index is 12.1. The molecular weight excluding hydrogens is 344 g/mol. The van der Waals surface area contributed by atoms with Crippen molar-refractivity contribution in [2.24, 2.45) is 4.99 Å². The van der Waals surface area contributed by atoms with Gasteiger partial charge in [0.2, 0.25) is 5.91 Å². The van der Waals surface area contributed by atoms with Gasteiger partial charge in [0.25, 0.3) is 0 Å². The van der Waals surface area contributed by atoms with Crippen LogP contribution in [0.5, 0.6) is 0 Å². The summed E-state index contributed by atoms with van der Waals surface area (Å²) in [7, 11) is 1.67. The van der Waals surface area contributed by atoms with Gasteiger partial charge in [-0.25, -0.2) is 0 Å². The van der Waals surface area contributed by atoms with Crippen LogP contribution in [-0.4, -0.2) is 58.4 Å². The van der Waals surface area contributed by atoms with Crippen LogP contribution in [0.1, 0.15) is 32.3 Å². The van der Waals surface area contributed by atoms with E-state index in [4.69, 9.17) is 9.47 Å². The molecular formula is C20H34N4O3. The Balaban J connectivity index is 2.14. The summed E-state index contributed by atoms with van der Waals surface area (Å²) < 4.78 is 10.9. The fourth-order valence-electron chi connectivity index (χ4n) is 2.27. The van der Waals surface area contributed by atoms with Crippen molar-refractivity contribution in [3.63, 3.8) is 0 Å². The molecule has 0 aliphatic carbocycles. The number of anilines is 1. The predicted octanol–water partition coefficient (Wildman–Crippen LogP) is 2.19. The van der Waals surface area contributed by atoms with Crippen molar-refractivity contribution in [3.05, 3.63) is 29.8 Å². The van der Waals surface area contributed by atoms with Crippen LogP contribution in [0.2, 0.25) is 0 Å². The lowest BCUT2D eigenvalue weighted by atomic mass is 10.1. The van der Waals surface area contributed by atoms with Crippen LogP contribution in [0.3, 0.4) is 0 Å². The highest BCUT2D eigenvalue weighted by atomic mass is 16.5. The van der Waals surface area contributed by atoms with E-state index in [2.05, 4.69) is 34.8 Å². The van der Waals surface area contributed by atoms with Gasteiger partial charge in [-0.2, -0.15) is 0 Å². The smallest absolute Gasteiger partial charge is 0.243 e. The molecule has 0 bridgehead atoms. The van der Waals surface area contributed by atoms with Crippen LogP contribution in [0, 0.1) is 0 Å². The van der Waals surface area contributed by atoms with Gasteiger partial charge in [0.05, 0.1) is 26.4 Å². The highest BCUT2D eigenvalue weighted by Crippen LogP contribution is 2.10. The molecule has 0 spiro atoms. The summed E-state index contributed by atoms with van der Waals surface area (Å²) in [5, 5.41) is 8.98. The molecule has 0 heterocycles. The van der Waals surface area contributed by atoms with Gasteiger partial charge < -0.3 is 25.4 Å². The van der Waals surface area contributed by atoms with E-state index < -0.39 is 0 Å². The number of nitrogens with zero attached hydrogens (tertiary/aromatic N) is 1. The van der Waals surface area contributed by atoms with Gasteiger partial charge in [0.15, 0.2) is 5.96 Å². The molecule has 0 saturated carbocycles. The number of aliphatic imine (C=N–C) groups is 1. The second kappa shape index (κ2) is 15.0. The number of amides is 1. The Morgan fingerprint density at radius 3 is 2.56 bits per heavy atom. The summed E-state index contributed by atoms with van der Waals surface area (Å²) in [6.07, 6.45) is 3.16. The number of hydrogen-bond acceptors (Lipinski definition) is 4. The number of guanidine groups is 1. The van der Waals surface area contributed by atoms with Crippen LogP contribution < -0.4 is 16.0 Å². The monoisotopic (exact) mass is 378 g/mol. The first kappa shape index (κ1) is 22.9. The minimum absolute atomic E-state index is 0.119. The molecule has 0 saturated heterocycles. The average molecular weight is 379 g/mol. The lowest BCUT2D eigenvalue weighted by Gasteiger charge is -2.12. The molecule has 0 unspecified atom stereocenters. The van der Waals surface area contributed by atoms with Crippen molar-refractivity contribution in [2.75, 3.05) is 51.9 Å². The fraction of sp³-hybridized carbons (Fsp3) is 0.600. The van der Waals surface area contributed by atoms with E-state index in [0.29, 0.717) is 32.3 Å². The van der Waals surface area contributed by atoms with Crippen molar-refractivity contribution in [1.82, 2.24) is 10.6 Å². The standard InChI is InChI=1S/C20H34N4O3/c1-4-6-11-26-13-14-27-12-10-22-20(21-3)23-16-19(25)24-18-9-7-8-17(5-2)15-18/h7-9,15H,4-6,10-14,16H2,1-3H3,(H,24,25)(H2,21,22,23). The van der Waals surface area contributed by atoms with Crippen molar-refractivity contribution in [2.45, 2.75) is 33.1 Å². The summed E-state index contributed by atoms with van der Waals surface area (Å²) >= 11 is 0. The number of benzene rings is 1. The first-order chi connectivity index (χ1) is 13.2. The van der Waals surface area contributed by atoms with Gasteiger partial charge in [0.1, 0.15) is 0 Å². The second-order valence-electron chi connectivity index (χ2n) is 6.03. The lowest BCUT2D eigenvalue weighted by Crippen LogP contribution is -2.42. The van der Waals surface area contributed by atoms with Crippen molar-refractivity contribution >= 4 is 17.6 Å². The Labute approximate surface area is 162 Å². The van der Waals surface area contributed by atoms with Crippen LogP contribution in [0.25, 0.3) is 0 Å². The molecule has 0 aliphatic heterocycles. The number of carbonyl (C=O) groups excluding carboxylic acids is 1. The van der Waals surface area contributed by atoms with Gasteiger partial charge in [0, 0.05) is 25.9 Å². The van der Waals surface area contributed by atoms with Crippen molar-refractivity contribution in [3.8, 4) is 0 Å². The quantitative estimate of drug-likeness (QED) is 0.278. The molecule has 7 nitrogen and oxygen atoms in total. The topological polar surface area (TPSA) is 84.0 Å². The largest absolute Gasteiger partial charge is 0.379 e. The Morgan fingerprint density at radius 1 is 1.07 bits per heavy atom. The molecule has 0 radical (unpaired) electrons. The maximum absolute atomic E-state index is 12.1. The molecule has 3 N–H and O–H groups in total. The van der Waals surface area contributed by atoms with E-state index in [1.165, 1.54) is 5.56 Å². The van der Waals surface area contributed by atoms with Crippen LogP contribution in [0.15, 0.2) is 29.3 Å². The summed E-state index contributed by atoms with van der Waals surface area (Å²) in [4.78, 5) is 16.2. The number of ether oxygens (including phenoxy) is 2. The zero-order valence-corrected chi connectivity index (χ0v) is 16.8. The first-order valence-electron chi connectivity index (χ1n) is 9.68. The van der Waals surface area contributed by atoms with Crippen LogP contribution >= 0.6 is 0 Å². The minimum atomic E-state index is -0.119. The van der Waals surface area contributed by atoms with Crippen molar-refractivity contribution in [1.29, 1.82) is 0 Å². The number of nitrogens with one attached hydrogen (secondary N) is 3. The normalized spacial score (nSPS) is 11.3. The highest BCUT2D eigenvalue weighted by Gasteiger charge is 2.04. The number of unbranched alkanes of at least 4 members (excludes halogenated alkanes) is 1. The minimum Gasteiger partial charge on any atom is -0.379 e. The molecule has 27 heavy (non-hydrogen) atoms. The molecule has 0 fully saturated rings. The Morgan fingerprint density at radius 2 is 1.85 bits per heavy atom. The van der Waals surface area contributed by atoms with E-state index in [1.54, 1.807) is 7.05 Å². The molecule has 1 aromatic rings. The Hall–Kier alpha value is -2.12. The van der Waals surface area contributed by atoms with Crippen molar-refractivity contribution < 1.29 is 14.3 Å². The van der Waals surface area contributed by atoms with E-state index in [0.717, 1.165) is 31.6 Å². The lowest BCUT2D eigenvalue weighted by molar-refractivity contribution is -0.115. The third-order valence-corrected chi connectivity index (χ3v) is 3.81. The molecule has 0 aliphatic rings. The average Bonchev–Trinajstić information content (AvgIpc) is 2.69. The van der Waals surface area contributed by atoms with Gasteiger partial charge in [-0.1, -0.05) is 32.4 Å².